The van der Waals surface area contributed by atoms with Gasteiger partial charge in [-0.3, -0.25) is 4.79 Å². The Morgan fingerprint density at radius 2 is 2.00 bits per heavy atom. The molecule has 2 heterocycles. The molecule has 0 bridgehead atoms. The number of furan rings is 1. The van der Waals surface area contributed by atoms with Gasteiger partial charge in [0.25, 0.3) is 5.91 Å². The minimum atomic E-state index is -4.67. The maximum absolute atomic E-state index is 12.0. The predicted molar refractivity (Wildman–Crippen MR) is 78.8 cm³/mol. The first-order valence-electron chi connectivity index (χ1n) is 6.70. The number of benzene rings is 1. The van der Waals surface area contributed by atoms with Crippen molar-refractivity contribution in [2.45, 2.75) is 11.2 Å². The average Bonchev–Trinajstić information content (AvgIpc) is 3.03. The van der Waals surface area contributed by atoms with Crippen molar-refractivity contribution in [3.05, 3.63) is 42.2 Å². The summed E-state index contributed by atoms with van der Waals surface area (Å²) in [6.45, 7) is 0.0255. The van der Waals surface area contributed by atoms with E-state index in [9.17, 15) is 17.8 Å². The lowest BCUT2D eigenvalue weighted by Crippen LogP contribution is -2.42. The van der Waals surface area contributed by atoms with Crippen molar-refractivity contribution in [2.24, 2.45) is 5.10 Å². The standard InChI is InChI=1S/C14H12N2O7S/c17-14(12-8-21-10-3-1-2-4-11(10)23-12)16-15-7-9-5-6-13(22-9)24(18,19)20/h1-7,12H,8H2,(H,16,17)(H,18,19,20)/p-1/b15-7-/t12-/m0/s1. The molecule has 0 aliphatic carbocycles. The smallest absolute Gasteiger partial charge is 0.284 e. The largest absolute Gasteiger partial charge is 0.742 e. The van der Waals surface area contributed by atoms with Gasteiger partial charge in [-0.1, -0.05) is 12.1 Å². The van der Waals surface area contributed by atoms with Gasteiger partial charge in [-0.05, 0) is 24.3 Å². The molecule has 0 radical (unpaired) electrons. The number of amides is 1. The second kappa shape index (κ2) is 6.34. The molecule has 1 aromatic heterocycles. The van der Waals surface area contributed by atoms with Crippen LogP contribution in [0, 0.1) is 0 Å². The van der Waals surface area contributed by atoms with E-state index >= 15 is 0 Å². The Balaban J connectivity index is 1.59. The maximum atomic E-state index is 12.0. The third-order valence-electron chi connectivity index (χ3n) is 3.02. The van der Waals surface area contributed by atoms with Crippen molar-refractivity contribution < 1.29 is 31.7 Å². The average molecular weight is 351 g/mol. The van der Waals surface area contributed by atoms with Gasteiger partial charge >= 0.3 is 0 Å². The van der Waals surface area contributed by atoms with E-state index in [0.717, 1.165) is 12.3 Å². The summed E-state index contributed by atoms with van der Waals surface area (Å²) in [6.07, 6.45) is 0.177. The molecule has 0 fully saturated rings. The fourth-order valence-electron chi connectivity index (χ4n) is 1.92. The zero-order chi connectivity index (χ0) is 17.2. The minimum Gasteiger partial charge on any atom is -0.742 e. The third-order valence-corrected chi connectivity index (χ3v) is 3.73. The van der Waals surface area contributed by atoms with Crippen molar-refractivity contribution in [1.82, 2.24) is 5.43 Å². The van der Waals surface area contributed by atoms with E-state index in [1.165, 1.54) is 6.07 Å². The number of hydrogen-bond donors (Lipinski definition) is 1. The molecule has 0 saturated heterocycles. The molecule has 1 amide bonds. The third kappa shape index (κ3) is 3.55. The zero-order valence-corrected chi connectivity index (χ0v) is 12.9. The van der Waals surface area contributed by atoms with Crippen molar-refractivity contribution in [3.63, 3.8) is 0 Å². The molecule has 0 unspecified atom stereocenters. The van der Waals surface area contributed by atoms with Crippen LogP contribution in [0.4, 0.5) is 0 Å². The van der Waals surface area contributed by atoms with Crippen LogP contribution in [0.2, 0.25) is 0 Å². The lowest BCUT2D eigenvalue weighted by Gasteiger charge is -2.24. The van der Waals surface area contributed by atoms with Crippen LogP contribution in [-0.2, 0) is 14.9 Å². The SMILES string of the molecule is O=C(N/N=C\c1ccc(S(=O)(=O)[O-])o1)[C@@H]1COc2ccccc2O1. The van der Waals surface area contributed by atoms with Crippen LogP contribution in [0.3, 0.4) is 0 Å². The number of nitrogens with zero attached hydrogens (tertiary/aromatic N) is 1. The molecular formula is C14H11N2O7S-. The van der Waals surface area contributed by atoms with Crippen LogP contribution in [0.1, 0.15) is 5.76 Å². The van der Waals surface area contributed by atoms with Gasteiger partial charge < -0.3 is 18.4 Å². The van der Waals surface area contributed by atoms with E-state index < -0.39 is 27.2 Å². The molecular weight excluding hydrogens is 340 g/mol. The highest BCUT2D eigenvalue weighted by Gasteiger charge is 2.26. The van der Waals surface area contributed by atoms with Crippen LogP contribution in [0.25, 0.3) is 0 Å². The highest BCUT2D eigenvalue weighted by Crippen LogP contribution is 2.30. The maximum Gasteiger partial charge on any atom is 0.284 e. The summed E-state index contributed by atoms with van der Waals surface area (Å²) < 4.78 is 47.9. The Kier molecular flexibility index (Phi) is 4.23. The first-order chi connectivity index (χ1) is 11.4. The monoisotopic (exact) mass is 351 g/mol. The topological polar surface area (TPSA) is 130 Å². The number of ether oxygens (including phenoxy) is 2. The van der Waals surface area contributed by atoms with E-state index in [-0.39, 0.29) is 12.4 Å². The second-order valence-corrected chi connectivity index (χ2v) is 6.02. The van der Waals surface area contributed by atoms with Crippen molar-refractivity contribution in [3.8, 4) is 11.5 Å². The van der Waals surface area contributed by atoms with Crippen LogP contribution >= 0.6 is 0 Å². The highest BCUT2D eigenvalue weighted by molar-refractivity contribution is 7.85. The number of para-hydroxylation sites is 2. The summed E-state index contributed by atoms with van der Waals surface area (Å²) in [5.41, 5.74) is 2.22. The first kappa shape index (κ1) is 16.0. The summed E-state index contributed by atoms with van der Waals surface area (Å²) >= 11 is 0. The van der Waals surface area contributed by atoms with Gasteiger partial charge in [0, 0.05) is 0 Å². The molecule has 0 saturated carbocycles. The number of hydrogen-bond acceptors (Lipinski definition) is 8. The summed E-state index contributed by atoms with van der Waals surface area (Å²) in [5, 5.41) is 2.89. The Hall–Kier alpha value is -2.85. The summed E-state index contributed by atoms with van der Waals surface area (Å²) in [7, 11) is -4.67. The molecule has 10 heteroatoms. The molecule has 1 N–H and O–H groups in total. The van der Waals surface area contributed by atoms with Gasteiger partial charge in [-0.15, -0.1) is 0 Å². The fourth-order valence-corrected chi connectivity index (χ4v) is 2.35. The Morgan fingerprint density at radius 3 is 2.71 bits per heavy atom. The number of nitrogens with one attached hydrogen (secondary N) is 1. The van der Waals surface area contributed by atoms with E-state index in [0.29, 0.717) is 11.5 Å². The van der Waals surface area contributed by atoms with Crippen molar-refractivity contribution in [1.29, 1.82) is 0 Å². The lowest BCUT2D eigenvalue weighted by molar-refractivity contribution is -0.130. The van der Waals surface area contributed by atoms with E-state index in [2.05, 4.69) is 10.5 Å². The molecule has 0 spiro atoms. The van der Waals surface area contributed by atoms with Gasteiger partial charge in [0.1, 0.15) is 12.4 Å². The van der Waals surface area contributed by atoms with Gasteiger partial charge in [-0.2, -0.15) is 5.10 Å². The Bertz CT molecular complexity index is 888. The lowest BCUT2D eigenvalue weighted by atomic mass is 10.2. The summed E-state index contributed by atoms with van der Waals surface area (Å²) in [4.78, 5) is 12.0. The Labute approximate surface area is 136 Å². The molecule has 1 aliphatic heterocycles. The number of fused-ring (bicyclic) bond motifs is 1. The fraction of sp³-hybridized carbons (Fsp3) is 0.143. The number of carbonyl (C=O) groups is 1. The van der Waals surface area contributed by atoms with Gasteiger partial charge in [0.15, 0.2) is 21.6 Å². The summed E-state index contributed by atoms with van der Waals surface area (Å²) in [5.74, 6) is 0.441. The molecule has 9 nitrogen and oxygen atoms in total. The van der Waals surface area contributed by atoms with Crippen LogP contribution in [0.15, 0.2) is 51.0 Å². The van der Waals surface area contributed by atoms with Crippen LogP contribution in [-0.4, -0.2) is 37.8 Å². The highest BCUT2D eigenvalue weighted by atomic mass is 32.2. The Morgan fingerprint density at radius 1 is 1.25 bits per heavy atom. The molecule has 2 aromatic rings. The quantitative estimate of drug-likeness (QED) is 0.481. The summed E-state index contributed by atoms with van der Waals surface area (Å²) in [6, 6.07) is 9.16. The predicted octanol–water partition coefficient (Wildman–Crippen LogP) is 0.474. The molecule has 126 valence electrons. The number of hydrazone groups is 1. The molecule has 3 rings (SSSR count). The number of rotatable bonds is 4. The second-order valence-electron chi connectivity index (χ2n) is 4.71. The minimum absolute atomic E-state index is 0.00381. The molecule has 1 aromatic carbocycles. The van der Waals surface area contributed by atoms with E-state index in [1.54, 1.807) is 24.3 Å². The normalized spacial score (nSPS) is 17.0. The molecule has 1 atom stereocenters. The van der Waals surface area contributed by atoms with Gasteiger partial charge in [0.2, 0.25) is 11.2 Å². The van der Waals surface area contributed by atoms with E-state index in [4.69, 9.17) is 13.9 Å². The van der Waals surface area contributed by atoms with Crippen LogP contribution < -0.4 is 14.9 Å². The molecule has 1 aliphatic rings. The van der Waals surface area contributed by atoms with E-state index in [1.807, 2.05) is 0 Å². The number of carbonyl (C=O) groups excluding carboxylic acids is 1. The molecule has 24 heavy (non-hydrogen) atoms. The van der Waals surface area contributed by atoms with Gasteiger partial charge in [-0.25, -0.2) is 13.8 Å². The zero-order valence-electron chi connectivity index (χ0n) is 12.0. The first-order valence-corrected chi connectivity index (χ1v) is 8.11. The van der Waals surface area contributed by atoms with Crippen molar-refractivity contribution in [2.75, 3.05) is 6.61 Å². The van der Waals surface area contributed by atoms with Crippen molar-refractivity contribution >= 4 is 22.2 Å². The van der Waals surface area contributed by atoms with Crippen LogP contribution in [0.5, 0.6) is 11.5 Å². The van der Waals surface area contributed by atoms with Gasteiger partial charge in [0.05, 0.1) is 6.21 Å².